The molecule has 1 aliphatic heterocycles. The number of nitrogens with zero attached hydrogens (tertiary/aromatic N) is 5. The molecule has 1 N–H and O–H groups in total. The third-order valence-corrected chi connectivity index (χ3v) is 5.30. The lowest BCUT2D eigenvalue weighted by Gasteiger charge is -2.33. The van der Waals surface area contributed by atoms with Gasteiger partial charge < -0.3 is 10.2 Å². The van der Waals surface area contributed by atoms with Crippen molar-refractivity contribution >= 4 is 11.5 Å². The second-order valence-electron chi connectivity index (χ2n) is 7.26. The fourth-order valence-corrected chi connectivity index (χ4v) is 3.81. The summed E-state index contributed by atoms with van der Waals surface area (Å²) in [5, 5.41) is 8.01. The van der Waals surface area contributed by atoms with E-state index >= 15 is 0 Å². The number of nitrogens with one attached hydrogen (secondary N) is 1. The minimum absolute atomic E-state index is 0.200. The maximum atomic E-state index is 13.5. The zero-order valence-corrected chi connectivity index (χ0v) is 16.2. The van der Waals surface area contributed by atoms with Crippen molar-refractivity contribution in [3.8, 4) is 22.5 Å². The number of hydrogen-bond donors (Lipinski definition) is 1. The van der Waals surface area contributed by atoms with E-state index in [0.717, 1.165) is 29.2 Å². The Morgan fingerprint density at radius 2 is 1.80 bits per heavy atom. The molecular weight excluding hydrogens is 386 g/mol. The average molecular weight is 406 g/mol. The van der Waals surface area contributed by atoms with Gasteiger partial charge in [-0.25, -0.2) is 18.3 Å². The van der Waals surface area contributed by atoms with Crippen molar-refractivity contribution in [1.82, 2.24) is 24.9 Å². The first kappa shape index (κ1) is 18.6. The molecule has 152 valence electrons. The number of alkyl halides is 1. The van der Waals surface area contributed by atoms with Crippen molar-refractivity contribution in [2.45, 2.75) is 6.04 Å². The van der Waals surface area contributed by atoms with E-state index in [1.54, 1.807) is 29.0 Å². The smallest absolute Gasteiger partial charge is 0.155 e. The molecule has 4 aromatic rings. The zero-order chi connectivity index (χ0) is 20.5. The summed E-state index contributed by atoms with van der Waals surface area (Å²) in [7, 11) is 0. The summed E-state index contributed by atoms with van der Waals surface area (Å²) >= 11 is 0. The lowest BCUT2D eigenvalue weighted by Crippen LogP contribution is -2.52. The summed E-state index contributed by atoms with van der Waals surface area (Å²) in [4.78, 5) is 11.0. The van der Waals surface area contributed by atoms with Gasteiger partial charge in [0.1, 0.15) is 24.0 Å². The van der Waals surface area contributed by atoms with E-state index in [9.17, 15) is 8.78 Å². The molecule has 6 nitrogen and oxygen atoms in total. The summed E-state index contributed by atoms with van der Waals surface area (Å²) in [6.07, 6.45) is 3.43. The van der Waals surface area contributed by atoms with Crippen LogP contribution in [0.15, 0.2) is 60.9 Å². The molecule has 0 spiro atoms. The minimum Gasteiger partial charge on any atom is -0.352 e. The highest BCUT2D eigenvalue weighted by Gasteiger charge is 2.22. The van der Waals surface area contributed by atoms with Crippen molar-refractivity contribution in [2.75, 3.05) is 31.2 Å². The van der Waals surface area contributed by atoms with Gasteiger partial charge in [-0.05, 0) is 48.5 Å². The Bertz CT molecular complexity index is 1160. The summed E-state index contributed by atoms with van der Waals surface area (Å²) in [5.41, 5.74) is 3.91. The molecule has 0 aliphatic carbocycles. The molecule has 1 atom stereocenters. The number of pyridine rings is 1. The van der Waals surface area contributed by atoms with E-state index in [1.807, 2.05) is 24.3 Å². The van der Waals surface area contributed by atoms with Gasteiger partial charge in [0.25, 0.3) is 0 Å². The molecule has 0 saturated carbocycles. The summed E-state index contributed by atoms with van der Waals surface area (Å²) < 4.78 is 28.4. The third-order valence-electron chi connectivity index (χ3n) is 5.30. The quantitative estimate of drug-likeness (QED) is 0.563. The first-order chi connectivity index (χ1) is 14.7. The van der Waals surface area contributed by atoms with Crippen molar-refractivity contribution in [2.24, 2.45) is 0 Å². The molecule has 1 aliphatic rings. The standard InChI is InChI=1S/C22H20F2N6/c23-13-18-14-29(12-11-26-18)20-6-5-19-27-21(15-1-3-17(24)4-2-15)22(30(19)28-20)16-7-9-25-10-8-16/h1-10,18,26H,11-14H2. The molecule has 3 aromatic heterocycles. The van der Waals surface area contributed by atoms with Gasteiger partial charge in [0.05, 0.1) is 11.7 Å². The largest absolute Gasteiger partial charge is 0.352 e. The number of fused-ring (bicyclic) bond motifs is 1. The van der Waals surface area contributed by atoms with Crippen LogP contribution in [-0.2, 0) is 0 Å². The lowest BCUT2D eigenvalue weighted by molar-refractivity contribution is 0.352. The summed E-state index contributed by atoms with van der Waals surface area (Å²) in [6.45, 7) is 1.59. The van der Waals surface area contributed by atoms with Crippen LogP contribution in [0.5, 0.6) is 0 Å². The van der Waals surface area contributed by atoms with Crippen molar-refractivity contribution in [1.29, 1.82) is 0 Å². The molecule has 1 fully saturated rings. The maximum Gasteiger partial charge on any atom is 0.155 e. The first-order valence-corrected chi connectivity index (χ1v) is 9.83. The highest BCUT2D eigenvalue weighted by Crippen LogP contribution is 2.32. The molecule has 5 rings (SSSR count). The third kappa shape index (κ3) is 3.39. The number of piperazine rings is 1. The monoisotopic (exact) mass is 406 g/mol. The second-order valence-corrected chi connectivity index (χ2v) is 7.26. The Morgan fingerprint density at radius 3 is 2.57 bits per heavy atom. The van der Waals surface area contributed by atoms with Gasteiger partial charge in [0.2, 0.25) is 0 Å². The molecule has 0 radical (unpaired) electrons. The van der Waals surface area contributed by atoms with E-state index in [0.29, 0.717) is 24.4 Å². The Kier molecular flexibility index (Phi) is 4.84. The Morgan fingerprint density at radius 1 is 1.00 bits per heavy atom. The van der Waals surface area contributed by atoms with E-state index in [1.165, 1.54) is 12.1 Å². The van der Waals surface area contributed by atoms with Crippen LogP contribution < -0.4 is 10.2 Å². The predicted molar refractivity (Wildman–Crippen MR) is 112 cm³/mol. The lowest BCUT2D eigenvalue weighted by atomic mass is 10.1. The topological polar surface area (TPSA) is 58.4 Å². The van der Waals surface area contributed by atoms with Gasteiger partial charge in [-0.3, -0.25) is 4.98 Å². The van der Waals surface area contributed by atoms with Crippen LogP contribution in [0.3, 0.4) is 0 Å². The van der Waals surface area contributed by atoms with E-state index < -0.39 is 6.67 Å². The molecule has 0 bridgehead atoms. The number of halogens is 2. The van der Waals surface area contributed by atoms with Crippen LogP contribution in [0, 0.1) is 5.82 Å². The fraction of sp³-hybridized carbons (Fsp3) is 0.227. The van der Waals surface area contributed by atoms with E-state index in [2.05, 4.69) is 15.2 Å². The number of rotatable bonds is 4. The van der Waals surface area contributed by atoms with Crippen molar-refractivity contribution in [3.63, 3.8) is 0 Å². The molecule has 1 unspecified atom stereocenters. The Hall–Kier alpha value is -3.39. The Labute approximate surface area is 172 Å². The number of benzene rings is 1. The van der Waals surface area contributed by atoms with Crippen LogP contribution in [0.25, 0.3) is 28.2 Å². The number of imidazole rings is 1. The first-order valence-electron chi connectivity index (χ1n) is 9.83. The molecule has 4 heterocycles. The molecule has 1 aromatic carbocycles. The second kappa shape index (κ2) is 7.79. The molecule has 1 saturated heterocycles. The van der Waals surface area contributed by atoms with Gasteiger partial charge in [0, 0.05) is 43.2 Å². The number of hydrogen-bond acceptors (Lipinski definition) is 5. The van der Waals surface area contributed by atoms with Gasteiger partial charge in [-0.15, -0.1) is 5.10 Å². The van der Waals surface area contributed by atoms with Crippen LogP contribution in [0.2, 0.25) is 0 Å². The summed E-state index contributed by atoms with van der Waals surface area (Å²) in [5.74, 6) is 0.468. The molecular formula is C22H20F2N6. The van der Waals surface area contributed by atoms with Crippen LogP contribution in [0.1, 0.15) is 0 Å². The zero-order valence-electron chi connectivity index (χ0n) is 16.2. The normalized spacial score (nSPS) is 16.9. The van der Waals surface area contributed by atoms with Gasteiger partial charge in [-0.1, -0.05) is 0 Å². The van der Waals surface area contributed by atoms with Gasteiger partial charge in [-0.2, -0.15) is 0 Å². The predicted octanol–water partition coefficient (Wildman–Crippen LogP) is 3.35. The highest BCUT2D eigenvalue weighted by atomic mass is 19.1. The average Bonchev–Trinajstić information content (AvgIpc) is 3.19. The molecule has 30 heavy (non-hydrogen) atoms. The van der Waals surface area contributed by atoms with Crippen molar-refractivity contribution < 1.29 is 8.78 Å². The van der Waals surface area contributed by atoms with Crippen LogP contribution >= 0.6 is 0 Å². The van der Waals surface area contributed by atoms with Crippen molar-refractivity contribution in [3.05, 3.63) is 66.7 Å². The van der Waals surface area contributed by atoms with Gasteiger partial charge >= 0.3 is 0 Å². The van der Waals surface area contributed by atoms with Gasteiger partial charge in [0.15, 0.2) is 5.65 Å². The number of aromatic nitrogens is 4. The Balaban J connectivity index is 1.66. The van der Waals surface area contributed by atoms with Crippen LogP contribution in [0.4, 0.5) is 14.6 Å². The maximum absolute atomic E-state index is 13.5. The van der Waals surface area contributed by atoms with E-state index in [4.69, 9.17) is 10.1 Å². The summed E-state index contributed by atoms with van der Waals surface area (Å²) in [6, 6.07) is 13.7. The number of anilines is 1. The van der Waals surface area contributed by atoms with Crippen LogP contribution in [-0.4, -0.2) is 51.9 Å². The highest BCUT2D eigenvalue weighted by molar-refractivity contribution is 5.81. The fourth-order valence-electron chi connectivity index (χ4n) is 3.81. The molecule has 0 amide bonds. The minimum atomic E-state index is -0.416. The molecule has 8 heteroatoms. The van der Waals surface area contributed by atoms with E-state index in [-0.39, 0.29) is 11.9 Å². The SMILES string of the molecule is FCC1CN(c2ccc3nc(-c4ccc(F)cc4)c(-c4ccncc4)n3n2)CCN1.